The summed E-state index contributed by atoms with van der Waals surface area (Å²) >= 11 is 0. The van der Waals surface area contributed by atoms with E-state index in [1.165, 1.54) is 23.1 Å². The SMILES string of the molecule is CCNC(c1ccc(C(C)C)cc1C(C)C)C(C)CC. The van der Waals surface area contributed by atoms with Gasteiger partial charge in [0.15, 0.2) is 0 Å². The zero-order valence-corrected chi connectivity index (χ0v) is 14.5. The Morgan fingerprint density at radius 1 is 0.900 bits per heavy atom. The molecule has 0 aromatic heterocycles. The van der Waals surface area contributed by atoms with Gasteiger partial charge in [-0.25, -0.2) is 0 Å². The minimum Gasteiger partial charge on any atom is -0.310 e. The van der Waals surface area contributed by atoms with Crippen molar-refractivity contribution in [2.75, 3.05) is 6.54 Å². The van der Waals surface area contributed by atoms with E-state index in [-0.39, 0.29) is 0 Å². The van der Waals surface area contributed by atoms with Gasteiger partial charge in [-0.2, -0.15) is 0 Å². The lowest BCUT2D eigenvalue weighted by Gasteiger charge is -2.28. The fourth-order valence-electron chi connectivity index (χ4n) is 2.81. The van der Waals surface area contributed by atoms with Crippen LogP contribution in [0.3, 0.4) is 0 Å². The summed E-state index contributed by atoms with van der Waals surface area (Å²) in [6, 6.07) is 7.59. The summed E-state index contributed by atoms with van der Waals surface area (Å²) in [6.07, 6.45) is 1.21. The van der Waals surface area contributed by atoms with Gasteiger partial charge >= 0.3 is 0 Å². The lowest BCUT2D eigenvalue weighted by atomic mass is 9.84. The highest BCUT2D eigenvalue weighted by Gasteiger charge is 2.21. The first-order chi connectivity index (χ1) is 9.42. The first-order valence-electron chi connectivity index (χ1n) is 8.29. The molecule has 114 valence electrons. The molecule has 0 heterocycles. The van der Waals surface area contributed by atoms with Crippen molar-refractivity contribution in [3.63, 3.8) is 0 Å². The predicted octanol–water partition coefficient (Wildman–Crippen LogP) is 5.63. The molecule has 1 nitrogen and oxygen atoms in total. The van der Waals surface area contributed by atoms with Crippen LogP contribution in [0.5, 0.6) is 0 Å². The lowest BCUT2D eigenvalue weighted by Crippen LogP contribution is -2.27. The van der Waals surface area contributed by atoms with E-state index in [0.29, 0.717) is 23.8 Å². The van der Waals surface area contributed by atoms with Crippen molar-refractivity contribution >= 4 is 0 Å². The molecule has 1 aromatic rings. The fourth-order valence-corrected chi connectivity index (χ4v) is 2.81. The maximum Gasteiger partial charge on any atom is 0.0348 e. The van der Waals surface area contributed by atoms with Crippen molar-refractivity contribution in [3.05, 3.63) is 34.9 Å². The molecule has 0 bridgehead atoms. The Morgan fingerprint density at radius 3 is 2.00 bits per heavy atom. The first-order valence-corrected chi connectivity index (χ1v) is 8.29. The second-order valence-electron chi connectivity index (χ2n) is 6.62. The van der Waals surface area contributed by atoms with Crippen molar-refractivity contribution < 1.29 is 0 Å². The van der Waals surface area contributed by atoms with Crippen molar-refractivity contribution in [3.8, 4) is 0 Å². The van der Waals surface area contributed by atoms with Gasteiger partial charge in [0.05, 0.1) is 0 Å². The molecule has 0 radical (unpaired) electrons. The molecular weight excluding hydrogens is 242 g/mol. The molecule has 2 unspecified atom stereocenters. The van der Waals surface area contributed by atoms with Crippen molar-refractivity contribution in [1.29, 1.82) is 0 Å². The Morgan fingerprint density at radius 2 is 1.55 bits per heavy atom. The lowest BCUT2D eigenvalue weighted by molar-refractivity contribution is 0.381. The molecule has 20 heavy (non-hydrogen) atoms. The molecule has 1 heteroatoms. The van der Waals surface area contributed by atoms with Crippen LogP contribution in [-0.2, 0) is 0 Å². The van der Waals surface area contributed by atoms with E-state index in [1.54, 1.807) is 0 Å². The first kappa shape index (κ1) is 17.2. The Balaban J connectivity index is 3.26. The fraction of sp³-hybridized carbons (Fsp3) is 0.684. The van der Waals surface area contributed by atoms with Crippen LogP contribution in [0.4, 0.5) is 0 Å². The summed E-state index contributed by atoms with van der Waals surface area (Å²) in [5.41, 5.74) is 4.47. The van der Waals surface area contributed by atoms with Gasteiger partial charge in [0.2, 0.25) is 0 Å². The van der Waals surface area contributed by atoms with E-state index < -0.39 is 0 Å². The van der Waals surface area contributed by atoms with E-state index in [4.69, 9.17) is 0 Å². The Bertz CT molecular complexity index is 406. The summed E-state index contributed by atoms with van der Waals surface area (Å²) < 4.78 is 0. The average molecular weight is 275 g/mol. The molecule has 2 atom stereocenters. The van der Waals surface area contributed by atoms with Crippen LogP contribution in [0.15, 0.2) is 18.2 Å². The van der Waals surface area contributed by atoms with Crippen LogP contribution in [-0.4, -0.2) is 6.54 Å². The summed E-state index contributed by atoms with van der Waals surface area (Å²) in [6.45, 7) is 17.0. The number of hydrogen-bond donors (Lipinski definition) is 1. The molecule has 0 spiro atoms. The van der Waals surface area contributed by atoms with Gasteiger partial charge in [0, 0.05) is 6.04 Å². The van der Waals surface area contributed by atoms with Crippen LogP contribution in [0, 0.1) is 5.92 Å². The normalized spacial score (nSPS) is 14.8. The summed E-state index contributed by atoms with van der Waals surface area (Å²) in [4.78, 5) is 0. The van der Waals surface area contributed by atoms with E-state index >= 15 is 0 Å². The highest BCUT2D eigenvalue weighted by molar-refractivity contribution is 5.38. The van der Waals surface area contributed by atoms with Gasteiger partial charge in [0.1, 0.15) is 0 Å². The van der Waals surface area contributed by atoms with Gasteiger partial charge in [-0.15, -0.1) is 0 Å². The topological polar surface area (TPSA) is 12.0 Å². The highest BCUT2D eigenvalue weighted by Crippen LogP contribution is 2.33. The van der Waals surface area contributed by atoms with Gasteiger partial charge < -0.3 is 5.32 Å². The van der Waals surface area contributed by atoms with Crippen LogP contribution in [0.25, 0.3) is 0 Å². The van der Waals surface area contributed by atoms with Gasteiger partial charge in [-0.1, -0.05) is 73.1 Å². The summed E-state index contributed by atoms with van der Waals surface area (Å²) in [5, 5.41) is 3.69. The van der Waals surface area contributed by atoms with Crippen molar-refractivity contribution in [2.45, 2.75) is 72.8 Å². The standard InChI is InChI=1S/C19H33N/c1-8-15(7)19(20-9-2)17-11-10-16(13(3)4)12-18(17)14(5)6/h10-15,19-20H,8-9H2,1-7H3. The minimum absolute atomic E-state index is 0.476. The Hall–Kier alpha value is -0.820. The van der Waals surface area contributed by atoms with Gasteiger partial charge in [-0.05, 0) is 41.0 Å². The third kappa shape index (κ3) is 4.09. The number of benzene rings is 1. The van der Waals surface area contributed by atoms with Gasteiger partial charge in [0.25, 0.3) is 0 Å². The quantitative estimate of drug-likeness (QED) is 0.680. The molecule has 0 amide bonds. The Labute approximate surface area is 126 Å². The Kier molecular flexibility index (Phi) is 6.75. The van der Waals surface area contributed by atoms with Crippen LogP contribution in [0.2, 0.25) is 0 Å². The average Bonchev–Trinajstić information content (AvgIpc) is 2.43. The molecule has 0 aliphatic rings. The second kappa shape index (κ2) is 7.83. The van der Waals surface area contributed by atoms with Crippen molar-refractivity contribution in [1.82, 2.24) is 5.32 Å². The molecule has 0 saturated carbocycles. The van der Waals surface area contributed by atoms with Crippen LogP contribution in [0.1, 0.15) is 89.5 Å². The number of nitrogens with one attached hydrogen (secondary N) is 1. The maximum absolute atomic E-state index is 3.69. The van der Waals surface area contributed by atoms with E-state index in [0.717, 1.165) is 6.54 Å². The van der Waals surface area contributed by atoms with E-state index in [9.17, 15) is 0 Å². The van der Waals surface area contributed by atoms with Crippen molar-refractivity contribution in [2.24, 2.45) is 5.92 Å². The van der Waals surface area contributed by atoms with E-state index in [2.05, 4.69) is 72.0 Å². The number of rotatable bonds is 7. The monoisotopic (exact) mass is 275 g/mol. The summed E-state index contributed by atoms with van der Waals surface area (Å²) in [5.74, 6) is 1.84. The zero-order valence-electron chi connectivity index (χ0n) is 14.5. The largest absolute Gasteiger partial charge is 0.310 e. The molecule has 0 saturated heterocycles. The molecule has 0 aliphatic heterocycles. The smallest absolute Gasteiger partial charge is 0.0348 e. The minimum atomic E-state index is 0.476. The number of hydrogen-bond acceptors (Lipinski definition) is 1. The summed E-state index contributed by atoms with van der Waals surface area (Å²) in [7, 11) is 0. The third-order valence-electron chi connectivity index (χ3n) is 4.37. The molecule has 1 N–H and O–H groups in total. The second-order valence-corrected chi connectivity index (χ2v) is 6.62. The molecular formula is C19H33N. The predicted molar refractivity (Wildman–Crippen MR) is 90.5 cm³/mol. The molecule has 0 aliphatic carbocycles. The van der Waals surface area contributed by atoms with Gasteiger partial charge in [-0.3, -0.25) is 0 Å². The van der Waals surface area contributed by atoms with Crippen LogP contribution < -0.4 is 5.32 Å². The highest BCUT2D eigenvalue weighted by atomic mass is 14.9. The zero-order chi connectivity index (χ0) is 15.3. The third-order valence-corrected chi connectivity index (χ3v) is 4.37. The maximum atomic E-state index is 3.69. The van der Waals surface area contributed by atoms with E-state index in [1.807, 2.05) is 0 Å². The molecule has 0 fully saturated rings. The molecule has 1 rings (SSSR count). The van der Waals surface area contributed by atoms with Crippen LogP contribution >= 0.6 is 0 Å². The molecule has 1 aromatic carbocycles.